The molecule has 0 aromatic carbocycles. The molecule has 0 heterocycles. The van der Waals surface area contributed by atoms with Crippen LogP contribution in [0.1, 0.15) is 33.1 Å². The topological polar surface area (TPSA) is 29.5 Å². The minimum atomic E-state index is -0.203. The zero-order chi connectivity index (χ0) is 12.0. The first kappa shape index (κ1) is 13.7. The largest absolute Gasteiger partial charge is 0.380 e. The van der Waals surface area contributed by atoms with Crippen LogP contribution in [0.25, 0.3) is 0 Å². The third kappa shape index (κ3) is 5.08. The molecule has 1 saturated carbocycles. The van der Waals surface area contributed by atoms with Gasteiger partial charge in [-0.15, -0.1) is 0 Å². The Balaban J connectivity index is 2.08. The molecular formula is C13H25NO2. The number of ether oxygens (including phenoxy) is 1. The zero-order valence-electron chi connectivity index (χ0n) is 10.9. The predicted molar refractivity (Wildman–Crippen MR) is 65.5 cm³/mol. The molecule has 3 nitrogen and oxygen atoms in total. The summed E-state index contributed by atoms with van der Waals surface area (Å²) in [6, 6.07) is 0. The van der Waals surface area contributed by atoms with Gasteiger partial charge in [0.1, 0.15) is 6.29 Å². The molecule has 0 radical (unpaired) electrons. The number of rotatable bonds is 9. The van der Waals surface area contributed by atoms with Crippen LogP contribution in [-0.2, 0) is 9.53 Å². The van der Waals surface area contributed by atoms with Crippen LogP contribution in [0.5, 0.6) is 0 Å². The molecule has 1 rings (SSSR count). The quantitative estimate of drug-likeness (QED) is 0.445. The number of carbonyl (C=O) groups is 1. The van der Waals surface area contributed by atoms with E-state index in [-0.39, 0.29) is 5.41 Å². The van der Waals surface area contributed by atoms with E-state index in [4.69, 9.17) is 4.74 Å². The summed E-state index contributed by atoms with van der Waals surface area (Å²) in [7, 11) is 2.05. The highest BCUT2D eigenvalue weighted by Crippen LogP contribution is 2.28. The lowest BCUT2D eigenvalue weighted by atomic mass is 9.89. The first-order valence-corrected chi connectivity index (χ1v) is 6.32. The van der Waals surface area contributed by atoms with Gasteiger partial charge in [-0.05, 0) is 32.2 Å². The Hall–Kier alpha value is -0.410. The van der Waals surface area contributed by atoms with Gasteiger partial charge in [0.25, 0.3) is 0 Å². The van der Waals surface area contributed by atoms with E-state index in [1.54, 1.807) is 0 Å². The Morgan fingerprint density at radius 2 is 2.19 bits per heavy atom. The first-order valence-electron chi connectivity index (χ1n) is 6.32. The Bertz CT molecular complexity index is 216. The summed E-state index contributed by atoms with van der Waals surface area (Å²) in [6.45, 7) is 7.52. The predicted octanol–water partition coefficient (Wildman–Crippen LogP) is 1.96. The molecule has 3 heteroatoms. The summed E-state index contributed by atoms with van der Waals surface area (Å²) < 4.78 is 5.58. The number of nitrogens with zero attached hydrogens (tertiary/aromatic N) is 1. The molecule has 1 atom stereocenters. The van der Waals surface area contributed by atoms with Gasteiger partial charge in [0.15, 0.2) is 0 Å². The smallest absolute Gasteiger partial charge is 0.127 e. The molecule has 0 spiro atoms. The van der Waals surface area contributed by atoms with Crippen LogP contribution in [0.15, 0.2) is 0 Å². The first-order chi connectivity index (χ1) is 7.59. The van der Waals surface area contributed by atoms with Crippen LogP contribution >= 0.6 is 0 Å². The zero-order valence-corrected chi connectivity index (χ0v) is 10.9. The highest BCUT2D eigenvalue weighted by Gasteiger charge is 2.23. The van der Waals surface area contributed by atoms with Crippen molar-refractivity contribution in [1.29, 1.82) is 0 Å². The minimum Gasteiger partial charge on any atom is -0.380 e. The fourth-order valence-electron chi connectivity index (χ4n) is 1.68. The average molecular weight is 227 g/mol. The molecule has 1 fully saturated rings. The second-order valence-electron chi connectivity index (χ2n) is 5.38. The van der Waals surface area contributed by atoms with E-state index in [9.17, 15) is 4.79 Å². The van der Waals surface area contributed by atoms with Crippen LogP contribution in [-0.4, -0.2) is 44.5 Å². The minimum absolute atomic E-state index is 0.203. The summed E-state index contributed by atoms with van der Waals surface area (Å²) in [5, 5.41) is 0. The second kappa shape index (κ2) is 6.36. The summed E-state index contributed by atoms with van der Waals surface area (Å²) in [6.07, 6.45) is 4.65. The molecule has 16 heavy (non-hydrogen) atoms. The molecule has 0 aliphatic heterocycles. The van der Waals surface area contributed by atoms with Gasteiger partial charge in [-0.3, -0.25) is 0 Å². The Labute approximate surface area is 99.1 Å². The van der Waals surface area contributed by atoms with Gasteiger partial charge in [-0.25, -0.2) is 0 Å². The standard InChI is InChI=1S/C13H25NO2/c1-4-13(2,11-15)10-14(3)7-8-16-9-12-5-6-12/h11-12H,4-10H2,1-3H3. The highest BCUT2D eigenvalue weighted by molar-refractivity contribution is 5.58. The van der Waals surface area contributed by atoms with Gasteiger partial charge < -0.3 is 14.4 Å². The Kier molecular flexibility index (Phi) is 5.42. The van der Waals surface area contributed by atoms with Crippen LogP contribution in [0.3, 0.4) is 0 Å². The Morgan fingerprint density at radius 3 is 2.69 bits per heavy atom. The number of likely N-dealkylation sites (N-methyl/N-ethyl adjacent to an activating group) is 1. The maximum atomic E-state index is 11.0. The van der Waals surface area contributed by atoms with Gasteiger partial charge in [0.05, 0.1) is 6.61 Å². The number of hydrogen-bond donors (Lipinski definition) is 0. The van der Waals surface area contributed by atoms with Crippen molar-refractivity contribution in [2.75, 3.05) is 33.4 Å². The van der Waals surface area contributed by atoms with E-state index >= 15 is 0 Å². The van der Waals surface area contributed by atoms with E-state index in [0.717, 1.165) is 44.9 Å². The number of hydrogen-bond acceptors (Lipinski definition) is 3. The lowest BCUT2D eigenvalue weighted by molar-refractivity contribution is -0.116. The molecule has 1 aliphatic rings. The number of aldehydes is 1. The Morgan fingerprint density at radius 1 is 1.50 bits per heavy atom. The summed E-state index contributed by atoms with van der Waals surface area (Å²) >= 11 is 0. The molecule has 0 aromatic rings. The molecular weight excluding hydrogens is 202 g/mol. The molecule has 0 amide bonds. The maximum absolute atomic E-state index is 11.0. The van der Waals surface area contributed by atoms with Crippen LogP contribution in [0.4, 0.5) is 0 Å². The van der Waals surface area contributed by atoms with Crippen molar-refractivity contribution >= 4 is 6.29 Å². The fourth-order valence-corrected chi connectivity index (χ4v) is 1.68. The normalized spacial score (nSPS) is 19.8. The van der Waals surface area contributed by atoms with Gasteiger partial charge >= 0.3 is 0 Å². The van der Waals surface area contributed by atoms with E-state index < -0.39 is 0 Å². The molecule has 0 N–H and O–H groups in total. The van der Waals surface area contributed by atoms with E-state index in [0.29, 0.717) is 0 Å². The van der Waals surface area contributed by atoms with Crippen molar-refractivity contribution < 1.29 is 9.53 Å². The van der Waals surface area contributed by atoms with Crippen molar-refractivity contribution in [2.24, 2.45) is 11.3 Å². The second-order valence-corrected chi connectivity index (χ2v) is 5.38. The van der Waals surface area contributed by atoms with Crippen molar-refractivity contribution in [1.82, 2.24) is 4.90 Å². The van der Waals surface area contributed by atoms with Crippen LogP contribution < -0.4 is 0 Å². The summed E-state index contributed by atoms with van der Waals surface area (Å²) in [5.41, 5.74) is -0.203. The third-order valence-corrected chi connectivity index (χ3v) is 3.39. The van der Waals surface area contributed by atoms with Crippen molar-refractivity contribution in [2.45, 2.75) is 33.1 Å². The fraction of sp³-hybridized carbons (Fsp3) is 0.923. The summed E-state index contributed by atoms with van der Waals surface area (Å²) in [5.74, 6) is 0.834. The summed E-state index contributed by atoms with van der Waals surface area (Å²) in [4.78, 5) is 13.1. The molecule has 0 saturated heterocycles. The monoisotopic (exact) mass is 227 g/mol. The van der Waals surface area contributed by atoms with E-state index in [1.165, 1.54) is 12.8 Å². The van der Waals surface area contributed by atoms with Crippen LogP contribution in [0.2, 0.25) is 0 Å². The highest BCUT2D eigenvalue weighted by atomic mass is 16.5. The lowest BCUT2D eigenvalue weighted by Gasteiger charge is -2.27. The number of carbonyl (C=O) groups excluding carboxylic acids is 1. The van der Waals surface area contributed by atoms with Crippen molar-refractivity contribution in [3.05, 3.63) is 0 Å². The van der Waals surface area contributed by atoms with Gasteiger partial charge in [0.2, 0.25) is 0 Å². The maximum Gasteiger partial charge on any atom is 0.127 e. The van der Waals surface area contributed by atoms with Crippen LogP contribution in [0, 0.1) is 11.3 Å². The molecule has 94 valence electrons. The molecule has 1 aliphatic carbocycles. The molecule has 0 bridgehead atoms. The van der Waals surface area contributed by atoms with E-state index in [1.807, 2.05) is 6.92 Å². The lowest BCUT2D eigenvalue weighted by Crippen LogP contribution is -2.36. The molecule has 0 aromatic heterocycles. The van der Waals surface area contributed by atoms with Gasteiger partial charge in [-0.2, -0.15) is 0 Å². The van der Waals surface area contributed by atoms with Gasteiger partial charge in [0, 0.05) is 25.1 Å². The van der Waals surface area contributed by atoms with E-state index in [2.05, 4.69) is 18.9 Å². The average Bonchev–Trinajstić information content (AvgIpc) is 3.08. The molecule has 1 unspecified atom stereocenters. The SMILES string of the molecule is CCC(C)(C=O)CN(C)CCOCC1CC1. The third-order valence-electron chi connectivity index (χ3n) is 3.39. The van der Waals surface area contributed by atoms with Crippen molar-refractivity contribution in [3.63, 3.8) is 0 Å². The van der Waals surface area contributed by atoms with Gasteiger partial charge in [-0.1, -0.05) is 13.8 Å². The van der Waals surface area contributed by atoms with Crippen molar-refractivity contribution in [3.8, 4) is 0 Å².